The van der Waals surface area contributed by atoms with E-state index in [4.69, 9.17) is 9.47 Å². The summed E-state index contributed by atoms with van der Waals surface area (Å²) in [6.07, 6.45) is 1.55. The van der Waals surface area contributed by atoms with Crippen molar-refractivity contribution in [3.8, 4) is 5.75 Å². The lowest BCUT2D eigenvalue weighted by Crippen LogP contribution is -2.24. The summed E-state index contributed by atoms with van der Waals surface area (Å²) in [6, 6.07) is 14.1. The van der Waals surface area contributed by atoms with E-state index in [1.807, 2.05) is 12.1 Å². The van der Waals surface area contributed by atoms with Crippen LogP contribution in [0.25, 0.3) is 0 Å². The molecule has 2 aromatic rings. The van der Waals surface area contributed by atoms with Crippen molar-refractivity contribution in [3.05, 3.63) is 59.7 Å². The van der Waals surface area contributed by atoms with Crippen LogP contribution in [0.2, 0.25) is 0 Å². The minimum absolute atomic E-state index is 0.241. The van der Waals surface area contributed by atoms with E-state index in [0.717, 1.165) is 18.8 Å². The first-order chi connectivity index (χ1) is 12.6. The molecule has 0 radical (unpaired) electrons. The van der Waals surface area contributed by atoms with Gasteiger partial charge in [-0.3, -0.25) is 4.79 Å². The van der Waals surface area contributed by atoms with E-state index in [1.54, 1.807) is 50.4 Å². The SMILES string of the molecule is COc1ccc(C(=O)C(C)OC(=O)c2ccc(N3CCCC3)cc2)cc1. The van der Waals surface area contributed by atoms with Crippen LogP contribution < -0.4 is 9.64 Å². The van der Waals surface area contributed by atoms with Crippen LogP contribution in [-0.4, -0.2) is 38.1 Å². The van der Waals surface area contributed by atoms with Gasteiger partial charge in [0.15, 0.2) is 6.10 Å². The summed E-state index contributed by atoms with van der Waals surface area (Å²) in [4.78, 5) is 27.0. The van der Waals surface area contributed by atoms with Crippen molar-refractivity contribution in [3.63, 3.8) is 0 Å². The van der Waals surface area contributed by atoms with Gasteiger partial charge >= 0.3 is 5.97 Å². The van der Waals surface area contributed by atoms with E-state index in [-0.39, 0.29) is 5.78 Å². The minimum Gasteiger partial charge on any atom is -0.497 e. The zero-order valence-corrected chi connectivity index (χ0v) is 15.1. The number of benzene rings is 2. The third-order valence-electron chi connectivity index (χ3n) is 4.60. The van der Waals surface area contributed by atoms with E-state index in [0.29, 0.717) is 16.9 Å². The molecule has 0 saturated carbocycles. The second-order valence-corrected chi connectivity index (χ2v) is 6.38. The number of hydrogen-bond acceptors (Lipinski definition) is 5. The molecule has 1 unspecified atom stereocenters. The first-order valence-electron chi connectivity index (χ1n) is 8.83. The predicted octanol–water partition coefficient (Wildman–Crippen LogP) is 3.72. The Kier molecular flexibility index (Phi) is 5.56. The monoisotopic (exact) mass is 353 g/mol. The van der Waals surface area contributed by atoms with Gasteiger partial charge in [-0.1, -0.05) is 0 Å². The number of ether oxygens (including phenoxy) is 2. The summed E-state index contributed by atoms with van der Waals surface area (Å²) < 4.78 is 10.4. The quantitative estimate of drug-likeness (QED) is 0.585. The van der Waals surface area contributed by atoms with Gasteiger partial charge in [-0.25, -0.2) is 4.79 Å². The Labute approximate surface area is 153 Å². The van der Waals surface area contributed by atoms with Gasteiger partial charge in [-0.15, -0.1) is 0 Å². The number of hydrogen-bond donors (Lipinski definition) is 0. The molecule has 0 aliphatic carbocycles. The van der Waals surface area contributed by atoms with Crippen molar-refractivity contribution in [2.45, 2.75) is 25.9 Å². The molecule has 1 heterocycles. The molecule has 0 amide bonds. The summed E-state index contributed by atoms with van der Waals surface area (Å²) in [7, 11) is 1.57. The highest BCUT2D eigenvalue weighted by Crippen LogP contribution is 2.21. The molecule has 1 saturated heterocycles. The van der Waals surface area contributed by atoms with Gasteiger partial charge in [-0.2, -0.15) is 0 Å². The molecular formula is C21H23NO4. The highest BCUT2D eigenvalue weighted by atomic mass is 16.5. The maximum absolute atomic E-state index is 12.4. The Hall–Kier alpha value is -2.82. The molecule has 26 heavy (non-hydrogen) atoms. The lowest BCUT2D eigenvalue weighted by atomic mass is 10.1. The molecule has 0 aromatic heterocycles. The summed E-state index contributed by atoms with van der Waals surface area (Å²) in [6.45, 7) is 3.69. The first kappa shape index (κ1) is 18.0. The topological polar surface area (TPSA) is 55.8 Å². The maximum Gasteiger partial charge on any atom is 0.338 e. The number of Topliss-reactive ketones (excluding diaryl/α,β-unsaturated/α-hetero) is 1. The second kappa shape index (κ2) is 8.04. The van der Waals surface area contributed by atoms with Crippen molar-refractivity contribution in [2.75, 3.05) is 25.1 Å². The lowest BCUT2D eigenvalue weighted by Gasteiger charge is -2.18. The molecule has 2 aromatic carbocycles. The van der Waals surface area contributed by atoms with Gasteiger partial charge in [-0.05, 0) is 68.3 Å². The zero-order chi connectivity index (χ0) is 18.5. The first-order valence-corrected chi connectivity index (χ1v) is 8.83. The maximum atomic E-state index is 12.4. The van der Waals surface area contributed by atoms with Gasteiger partial charge in [0.25, 0.3) is 0 Å². The van der Waals surface area contributed by atoms with Crippen LogP contribution in [0.5, 0.6) is 5.75 Å². The molecule has 1 aliphatic heterocycles. The van der Waals surface area contributed by atoms with E-state index in [1.165, 1.54) is 12.8 Å². The van der Waals surface area contributed by atoms with Crippen molar-refractivity contribution < 1.29 is 19.1 Å². The highest BCUT2D eigenvalue weighted by Gasteiger charge is 2.21. The van der Waals surface area contributed by atoms with Crippen LogP contribution >= 0.6 is 0 Å². The normalized spacial score (nSPS) is 14.8. The standard InChI is InChI=1S/C21H23NO4/c1-15(20(23)16-7-11-19(25-2)12-8-16)26-21(24)17-5-9-18(10-6-17)22-13-3-4-14-22/h5-12,15H,3-4,13-14H2,1-2H3. The molecule has 1 fully saturated rings. The van der Waals surface area contributed by atoms with Crippen molar-refractivity contribution in [2.24, 2.45) is 0 Å². The summed E-state index contributed by atoms with van der Waals surface area (Å²) in [5.41, 5.74) is 2.04. The van der Waals surface area contributed by atoms with Crippen LogP contribution in [0.1, 0.15) is 40.5 Å². The molecular weight excluding hydrogens is 330 g/mol. The molecule has 136 valence electrons. The smallest absolute Gasteiger partial charge is 0.338 e. The number of carbonyl (C=O) groups excluding carboxylic acids is 2. The Bertz CT molecular complexity index is 762. The molecule has 0 bridgehead atoms. The van der Waals surface area contributed by atoms with E-state index >= 15 is 0 Å². The number of nitrogens with zero attached hydrogens (tertiary/aromatic N) is 1. The Morgan fingerprint density at radius 1 is 0.923 bits per heavy atom. The summed E-state index contributed by atoms with van der Waals surface area (Å²) >= 11 is 0. The lowest BCUT2D eigenvalue weighted by molar-refractivity contribution is 0.0319. The average Bonchev–Trinajstić information content (AvgIpc) is 3.22. The number of carbonyl (C=O) groups is 2. The van der Waals surface area contributed by atoms with Gasteiger partial charge < -0.3 is 14.4 Å². The molecule has 3 rings (SSSR count). The second-order valence-electron chi connectivity index (χ2n) is 6.38. The number of anilines is 1. The number of ketones is 1. The largest absolute Gasteiger partial charge is 0.497 e. The van der Waals surface area contributed by atoms with E-state index < -0.39 is 12.1 Å². The number of rotatable bonds is 6. The fourth-order valence-electron chi connectivity index (χ4n) is 3.06. The van der Waals surface area contributed by atoms with E-state index in [9.17, 15) is 9.59 Å². The van der Waals surface area contributed by atoms with Gasteiger partial charge in [0.05, 0.1) is 12.7 Å². The summed E-state index contributed by atoms with van der Waals surface area (Å²) in [5, 5.41) is 0. The van der Waals surface area contributed by atoms with Gasteiger partial charge in [0.2, 0.25) is 5.78 Å². The van der Waals surface area contributed by atoms with Crippen molar-refractivity contribution in [1.29, 1.82) is 0 Å². The van der Waals surface area contributed by atoms with Gasteiger partial charge in [0, 0.05) is 24.3 Å². The highest BCUT2D eigenvalue weighted by molar-refractivity contribution is 6.01. The third-order valence-corrected chi connectivity index (χ3v) is 4.60. The van der Waals surface area contributed by atoms with Gasteiger partial charge in [0.1, 0.15) is 5.75 Å². The molecule has 5 heteroatoms. The zero-order valence-electron chi connectivity index (χ0n) is 15.1. The number of methoxy groups -OCH3 is 1. The predicted molar refractivity (Wildman–Crippen MR) is 100 cm³/mol. The average molecular weight is 353 g/mol. The van der Waals surface area contributed by atoms with Crippen LogP contribution in [-0.2, 0) is 4.74 Å². The molecule has 0 N–H and O–H groups in total. The summed E-state index contributed by atoms with van der Waals surface area (Å²) in [5.74, 6) is -0.0636. The van der Waals surface area contributed by atoms with Crippen molar-refractivity contribution >= 4 is 17.4 Å². The van der Waals surface area contributed by atoms with E-state index in [2.05, 4.69) is 4.90 Å². The van der Waals surface area contributed by atoms with Crippen molar-refractivity contribution in [1.82, 2.24) is 0 Å². The fourth-order valence-corrected chi connectivity index (χ4v) is 3.06. The fraction of sp³-hybridized carbons (Fsp3) is 0.333. The number of esters is 1. The molecule has 0 spiro atoms. The van der Waals surface area contributed by atoms with Crippen LogP contribution in [0.15, 0.2) is 48.5 Å². The van der Waals surface area contributed by atoms with Crippen LogP contribution in [0.3, 0.4) is 0 Å². The Morgan fingerprint density at radius 2 is 1.50 bits per heavy atom. The minimum atomic E-state index is -0.853. The Morgan fingerprint density at radius 3 is 2.08 bits per heavy atom. The third kappa shape index (κ3) is 4.04. The Balaban J connectivity index is 1.61. The van der Waals surface area contributed by atoms with Crippen LogP contribution in [0.4, 0.5) is 5.69 Å². The van der Waals surface area contributed by atoms with Crippen LogP contribution in [0, 0.1) is 0 Å². The molecule has 1 aliphatic rings. The molecule has 5 nitrogen and oxygen atoms in total. The molecule has 1 atom stereocenters.